The number of aliphatic carboxylic acids is 1. The first kappa shape index (κ1) is 23.7. The molecule has 1 amide bonds. The Bertz CT molecular complexity index is 910. The van der Waals surface area contributed by atoms with E-state index in [-0.39, 0.29) is 28.4 Å². The molecule has 11 heteroatoms. The number of ether oxygens (including phenoxy) is 1. The largest absolute Gasteiger partial charge is 0.484 e. The molecule has 162 valence electrons. The molecule has 0 aliphatic carbocycles. The second kappa shape index (κ2) is 10.5. The number of anilines is 1. The smallest absolute Gasteiger partial charge is 0.422 e. The minimum absolute atomic E-state index is 0.0209. The number of carboxylic acids is 1. The molecule has 0 aliphatic heterocycles. The van der Waals surface area contributed by atoms with Gasteiger partial charge in [-0.3, -0.25) is 14.4 Å². The van der Waals surface area contributed by atoms with Crippen molar-refractivity contribution in [2.75, 3.05) is 23.4 Å². The Balaban J connectivity index is 2.12. The van der Waals surface area contributed by atoms with Gasteiger partial charge in [0.25, 0.3) is 0 Å². The van der Waals surface area contributed by atoms with E-state index in [9.17, 15) is 27.6 Å². The maximum absolute atomic E-state index is 12.9. The zero-order chi connectivity index (χ0) is 22.3. The fraction of sp³-hybridized carbons (Fsp3) is 0.316. The number of carbonyl (C=O) groups excluding carboxylic acids is 2. The summed E-state index contributed by atoms with van der Waals surface area (Å²) in [5.74, 6) is -2.18. The average molecular weight is 461 g/mol. The minimum atomic E-state index is -4.46. The Morgan fingerprint density at radius 3 is 2.40 bits per heavy atom. The van der Waals surface area contributed by atoms with Gasteiger partial charge in [0.05, 0.1) is 17.1 Å². The highest BCUT2D eigenvalue weighted by Gasteiger charge is 2.28. The van der Waals surface area contributed by atoms with E-state index in [0.29, 0.717) is 11.4 Å². The molecular formula is C19H18F3NO5S2. The maximum atomic E-state index is 12.9. The SMILES string of the molecule is CCc1cc(C(=O)c2ccc(OCC(F)(F)F)cc2)c(NC(=O)CSCC(=O)O)s1. The van der Waals surface area contributed by atoms with Gasteiger partial charge in [-0.1, -0.05) is 6.92 Å². The monoisotopic (exact) mass is 461 g/mol. The van der Waals surface area contributed by atoms with E-state index in [1.807, 2.05) is 6.92 Å². The van der Waals surface area contributed by atoms with Gasteiger partial charge in [-0.25, -0.2) is 0 Å². The topological polar surface area (TPSA) is 92.7 Å². The molecule has 2 aromatic rings. The van der Waals surface area contributed by atoms with Crippen molar-refractivity contribution in [1.82, 2.24) is 0 Å². The first-order valence-corrected chi connectivity index (χ1v) is 10.6. The molecular weight excluding hydrogens is 443 g/mol. The third-order valence-electron chi connectivity index (χ3n) is 3.61. The summed E-state index contributed by atoms with van der Waals surface area (Å²) in [7, 11) is 0. The first-order valence-electron chi connectivity index (χ1n) is 8.65. The molecule has 0 atom stereocenters. The van der Waals surface area contributed by atoms with E-state index in [2.05, 4.69) is 10.1 Å². The van der Waals surface area contributed by atoms with E-state index >= 15 is 0 Å². The number of halogens is 3. The fourth-order valence-electron chi connectivity index (χ4n) is 2.29. The third-order valence-corrected chi connectivity index (χ3v) is 5.72. The molecule has 0 aliphatic rings. The molecule has 2 rings (SSSR count). The minimum Gasteiger partial charge on any atom is -0.484 e. The maximum Gasteiger partial charge on any atom is 0.422 e. The van der Waals surface area contributed by atoms with Gasteiger partial charge in [0.15, 0.2) is 12.4 Å². The lowest BCUT2D eigenvalue weighted by Gasteiger charge is -2.09. The molecule has 0 fully saturated rings. The number of hydrogen-bond donors (Lipinski definition) is 2. The summed E-state index contributed by atoms with van der Waals surface area (Å²) in [6, 6.07) is 6.90. The first-order chi connectivity index (χ1) is 14.1. The number of aryl methyl sites for hydroxylation is 1. The number of ketones is 1. The third kappa shape index (κ3) is 7.38. The molecule has 1 heterocycles. The van der Waals surface area contributed by atoms with Crippen LogP contribution in [0.15, 0.2) is 30.3 Å². The van der Waals surface area contributed by atoms with Gasteiger partial charge in [0.2, 0.25) is 5.91 Å². The molecule has 30 heavy (non-hydrogen) atoms. The zero-order valence-electron chi connectivity index (χ0n) is 15.7. The van der Waals surface area contributed by atoms with Crippen molar-refractivity contribution in [1.29, 1.82) is 0 Å². The van der Waals surface area contributed by atoms with Crippen LogP contribution in [0.3, 0.4) is 0 Å². The summed E-state index contributed by atoms with van der Waals surface area (Å²) in [6.07, 6.45) is -3.82. The standard InChI is InChI=1S/C19H18F3NO5S2/c1-2-13-7-14(18(30-13)23-15(24)8-29-9-16(25)26)17(27)11-3-5-12(6-4-11)28-10-19(20,21)22/h3-7H,2,8-10H2,1H3,(H,23,24)(H,25,26). The molecule has 0 saturated heterocycles. The number of rotatable bonds is 10. The molecule has 0 spiro atoms. The Morgan fingerprint density at radius 1 is 1.17 bits per heavy atom. The summed E-state index contributed by atoms with van der Waals surface area (Å²) in [6.45, 7) is 0.460. The van der Waals surface area contributed by atoms with Crippen LogP contribution in [-0.2, 0) is 16.0 Å². The van der Waals surface area contributed by atoms with Gasteiger partial charge in [-0.05, 0) is 36.8 Å². The van der Waals surface area contributed by atoms with E-state index in [0.717, 1.165) is 16.6 Å². The number of thioether (sulfide) groups is 1. The lowest BCUT2D eigenvalue weighted by molar-refractivity contribution is -0.153. The molecule has 6 nitrogen and oxygen atoms in total. The van der Waals surface area contributed by atoms with Gasteiger partial charge >= 0.3 is 12.1 Å². The van der Waals surface area contributed by atoms with Crippen molar-refractivity contribution in [2.45, 2.75) is 19.5 Å². The second-order valence-corrected chi connectivity index (χ2v) is 8.12. The van der Waals surface area contributed by atoms with Gasteiger partial charge in [-0.2, -0.15) is 13.2 Å². The number of hydrogen-bond acceptors (Lipinski definition) is 6. The quantitative estimate of drug-likeness (QED) is 0.514. The highest BCUT2D eigenvalue weighted by atomic mass is 32.2. The number of nitrogens with one attached hydrogen (secondary N) is 1. The second-order valence-electron chi connectivity index (χ2n) is 6.00. The molecule has 1 aromatic heterocycles. The van der Waals surface area contributed by atoms with Crippen molar-refractivity contribution in [3.63, 3.8) is 0 Å². The van der Waals surface area contributed by atoms with E-state index in [1.54, 1.807) is 6.07 Å². The Kier molecular flexibility index (Phi) is 8.30. The number of amides is 1. The predicted molar refractivity (Wildman–Crippen MR) is 109 cm³/mol. The molecule has 2 N–H and O–H groups in total. The van der Waals surface area contributed by atoms with Crippen LogP contribution in [0.1, 0.15) is 27.7 Å². The fourth-order valence-corrected chi connectivity index (χ4v) is 3.84. The van der Waals surface area contributed by atoms with Crippen LogP contribution in [-0.4, -0.2) is 47.1 Å². The molecule has 0 bridgehead atoms. The number of benzene rings is 1. The highest BCUT2D eigenvalue weighted by molar-refractivity contribution is 8.00. The summed E-state index contributed by atoms with van der Waals surface area (Å²) >= 11 is 2.17. The van der Waals surface area contributed by atoms with Crippen molar-refractivity contribution in [3.05, 3.63) is 46.3 Å². The van der Waals surface area contributed by atoms with E-state index < -0.39 is 30.4 Å². The lowest BCUT2D eigenvalue weighted by Crippen LogP contribution is -2.19. The Labute approximate surface area is 178 Å². The normalized spacial score (nSPS) is 11.2. The Hall–Kier alpha value is -2.53. The van der Waals surface area contributed by atoms with Crippen LogP contribution < -0.4 is 10.1 Å². The van der Waals surface area contributed by atoms with Crippen molar-refractivity contribution < 1.29 is 37.4 Å². The summed E-state index contributed by atoms with van der Waals surface area (Å²) in [4.78, 5) is 36.3. The van der Waals surface area contributed by atoms with Crippen LogP contribution in [0, 0.1) is 0 Å². The molecule has 0 saturated carbocycles. The van der Waals surface area contributed by atoms with Gasteiger partial charge in [0, 0.05) is 10.4 Å². The number of alkyl halides is 3. The van der Waals surface area contributed by atoms with E-state index in [1.165, 1.54) is 35.6 Å². The summed E-state index contributed by atoms with van der Waals surface area (Å²) in [5, 5.41) is 11.6. The van der Waals surface area contributed by atoms with Crippen LogP contribution >= 0.6 is 23.1 Å². The van der Waals surface area contributed by atoms with Gasteiger partial charge in [0.1, 0.15) is 10.8 Å². The van der Waals surface area contributed by atoms with Crippen LogP contribution in [0.2, 0.25) is 0 Å². The zero-order valence-corrected chi connectivity index (χ0v) is 17.4. The number of carbonyl (C=O) groups is 3. The average Bonchev–Trinajstić information content (AvgIpc) is 3.08. The molecule has 1 aromatic carbocycles. The summed E-state index contributed by atoms with van der Waals surface area (Å²) < 4.78 is 41.3. The highest BCUT2D eigenvalue weighted by Crippen LogP contribution is 2.31. The molecule has 0 radical (unpaired) electrons. The summed E-state index contributed by atoms with van der Waals surface area (Å²) in [5.41, 5.74) is 0.489. The van der Waals surface area contributed by atoms with Crippen molar-refractivity contribution >= 4 is 45.8 Å². The van der Waals surface area contributed by atoms with Crippen LogP contribution in [0.4, 0.5) is 18.2 Å². The van der Waals surface area contributed by atoms with Gasteiger partial charge < -0.3 is 15.2 Å². The van der Waals surface area contributed by atoms with Gasteiger partial charge in [-0.15, -0.1) is 23.1 Å². The lowest BCUT2D eigenvalue weighted by atomic mass is 10.0. The van der Waals surface area contributed by atoms with Crippen molar-refractivity contribution in [2.24, 2.45) is 0 Å². The number of carboxylic acid groups (broad SMARTS) is 1. The molecule has 0 unspecified atom stereocenters. The Morgan fingerprint density at radius 2 is 1.83 bits per heavy atom. The van der Waals surface area contributed by atoms with Crippen LogP contribution in [0.25, 0.3) is 0 Å². The van der Waals surface area contributed by atoms with Crippen LogP contribution in [0.5, 0.6) is 5.75 Å². The van der Waals surface area contributed by atoms with E-state index in [4.69, 9.17) is 5.11 Å². The number of thiophene rings is 1. The van der Waals surface area contributed by atoms with Crippen molar-refractivity contribution in [3.8, 4) is 5.75 Å². The predicted octanol–water partition coefficient (Wildman–Crippen LogP) is 4.24.